The summed E-state index contributed by atoms with van der Waals surface area (Å²) in [5.41, 5.74) is 13.4. The third-order valence-electron chi connectivity index (χ3n) is 16.5. The maximum absolute atomic E-state index is 17.3. The van der Waals surface area contributed by atoms with Crippen LogP contribution in [-0.4, -0.2) is 0 Å². The Balaban J connectivity index is 1.06. The van der Waals surface area contributed by atoms with E-state index in [0.717, 1.165) is 88.4 Å². The summed E-state index contributed by atoms with van der Waals surface area (Å²) < 4.78 is 66.0. The lowest BCUT2D eigenvalue weighted by molar-refractivity contribution is 0.626. The normalized spacial score (nSPS) is 13.7. The summed E-state index contributed by atoms with van der Waals surface area (Å²) in [6.45, 7) is 8.92. The minimum absolute atomic E-state index is 0.268. The van der Waals surface area contributed by atoms with Gasteiger partial charge in [0.1, 0.15) is 23.3 Å². The van der Waals surface area contributed by atoms with Gasteiger partial charge in [-0.15, -0.1) is 0 Å². The van der Waals surface area contributed by atoms with Gasteiger partial charge in [-0.2, -0.15) is 0 Å². The van der Waals surface area contributed by atoms with Crippen LogP contribution in [0.4, 0.5) is 51.7 Å². The van der Waals surface area contributed by atoms with Gasteiger partial charge in [-0.3, -0.25) is 0 Å². The highest BCUT2D eigenvalue weighted by molar-refractivity contribution is 6.28. The molecule has 0 heterocycles. The Hall–Kier alpha value is -9.00. The van der Waals surface area contributed by atoms with Crippen molar-refractivity contribution in [1.29, 1.82) is 0 Å². The van der Waals surface area contributed by atoms with Gasteiger partial charge in [0, 0.05) is 43.9 Å². The highest BCUT2D eigenvalue weighted by atomic mass is 19.1. The first-order valence-corrected chi connectivity index (χ1v) is 25.8. The topological polar surface area (TPSA) is 6.48 Å². The highest BCUT2D eigenvalue weighted by Crippen LogP contribution is 2.58. The predicted molar refractivity (Wildman–Crippen MR) is 305 cm³/mol. The first kappa shape index (κ1) is 45.6. The molecule has 76 heavy (non-hydrogen) atoms. The summed E-state index contributed by atoms with van der Waals surface area (Å²) in [5, 5.41) is 5.56. The van der Waals surface area contributed by atoms with Crippen LogP contribution in [0.5, 0.6) is 0 Å². The van der Waals surface area contributed by atoms with Crippen LogP contribution in [0.25, 0.3) is 76.8 Å². The fourth-order valence-corrected chi connectivity index (χ4v) is 12.9. The summed E-state index contributed by atoms with van der Waals surface area (Å²) in [4.78, 5) is 4.04. The largest absolute Gasteiger partial charge is 0.306 e. The molecule has 12 aromatic rings. The zero-order chi connectivity index (χ0) is 51.8. The van der Waals surface area contributed by atoms with E-state index < -0.39 is 23.3 Å². The van der Waals surface area contributed by atoms with E-state index in [1.54, 1.807) is 60.7 Å². The zero-order valence-electron chi connectivity index (χ0n) is 42.2. The molecule has 0 bridgehead atoms. The molecule has 0 aromatic heterocycles. The first-order valence-electron chi connectivity index (χ1n) is 25.8. The molecule has 0 spiro atoms. The van der Waals surface area contributed by atoms with Crippen molar-refractivity contribution >= 4 is 66.4 Å². The van der Waals surface area contributed by atoms with Gasteiger partial charge >= 0.3 is 0 Å². The van der Waals surface area contributed by atoms with Crippen LogP contribution < -0.4 is 9.80 Å². The molecule has 0 fully saturated rings. The van der Waals surface area contributed by atoms with Gasteiger partial charge in [-0.25, -0.2) is 17.6 Å². The van der Waals surface area contributed by atoms with E-state index in [0.29, 0.717) is 22.3 Å². The van der Waals surface area contributed by atoms with Crippen molar-refractivity contribution in [1.82, 2.24) is 0 Å². The minimum atomic E-state index is -0.466. The summed E-state index contributed by atoms with van der Waals surface area (Å²) in [5.74, 6) is -1.73. The van der Waals surface area contributed by atoms with E-state index in [1.807, 2.05) is 34.1 Å². The van der Waals surface area contributed by atoms with Gasteiger partial charge in [-0.05, 0) is 127 Å². The second kappa shape index (κ2) is 16.8. The lowest BCUT2D eigenvalue weighted by Gasteiger charge is -2.32. The zero-order valence-corrected chi connectivity index (χ0v) is 42.2. The molecule has 0 saturated heterocycles. The van der Waals surface area contributed by atoms with Gasteiger partial charge in [0.05, 0.1) is 34.1 Å². The lowest BCUT2D eigenvalue weighted by atomic mass is 9.82. The van der Waals surface area contributed by atoms with Gasteiger partial charge < -0.3 is 9.80 Å². The summed E-state index contributed by atoms with van der Waals surface area (Å²) in [6.07, 6.45) is 0. The van der Waals surface area contributed by atoms with E-state index >= 15 is 17.6 Å². The van der Waals surface area contributed by atoms with Crippen LogP contribution in [0, 0.1) is 23.3 Å². The van der Waals surface area contributed by atoms with E-state index in [4.69, 9.17) is 0 Å². The van der Waals surface area contributed by atoms with Crippen molar-refractivity contribution < 1.29 is 17.6 Å². The Kier molecular flexibility index (Phi) is 10.1. The Morgan fingerprint density at radius 3 is 1.08 bits per heavy atom. The molecule has 2 aliphatic rings. The molecular weight excluding hydrogens is 945 g/mol. The molecule has 0 amide bonds. The fraction of sp³-hybridized carbons (Fsp3) is 0.0857. The van der Waals surface area contributed by atoms with Crippen molar-refractivity contribution in [2.24, 2.45) is 0 Å². The number of hydrogen-bond acceptors (Lipinski definition) is 2. The number of hydrogen-bond donors (Lipinski definition) is 0. The predicted octanol–water partition coefficient (Wildman–Crippen LogP) is 20.0. The Morgan fingerprint density at radius 2 is 0.658 bits per heavy atom. The van der Waals surface area contributed by atoms with Crippen LogP contribution in [0.15, 0.2) is 218 Å². The number of rotatable bonds is 8. The molecule has 0 radical (unpaired) electrons. The van der Waals surface area contributed by atoms with Crippen molar-refractivity contribution in [3.05, 3.63) is 264 Å². The molecule has 0 unspecified atom stereocenters. The molecular formula is C70H48F4N2. The van der Waals surface area contributed by atoms with Crippen molar-refractivity contribution in [3.63, 3.8) is 0 Å². The van der Waals surface area contributed by atoms with E-state index in [9.17, 15) is 0 Å². The molecule has 2 aliphatic carbocycles. The molecule has 14 rings (SSSR count). The third kappa shape index (κ3) is 6.59. The Labute approximate surface area is 438 Å². The minimum Gasteiger partial charge on any atom is -0.306 e. The molecule has 0 saturated carbocycles. The van der Waals surface area contributed by atoms with Crippen LogP contribution in [-0.2, 0) is 10.8 Å². The number of benzene rings is 12. The van der Waals surface area contributed by atoms with Crippen molar-refractivity contribution in [2.75, 3.05) is 9.80 Å². The van der Waals surface area contributed by atoms with Gasteiger partial charge in [0.2, 0.25) is 0 Å². The van der Waals surface area contributed by atoms with Crippen molar-refractivity contribution in [3.8, 4) is 44.5 Å². The molecule has 2 nitrogen and oxygen atoms in total. The molecule has 0 atom stereocenters. The Bertz CT molecular complexity index is 4100. The van der Waals surface area contributed by atoms with E-state index in [2.05, 4.69) is 137 Å². The smallest absolute Gasteiger partial charge is 0.147 e. The van der Waals surface area contributed by atoms with Gasteiger partial charge in [0.25, 0.3) is 0 Å². The molecule has 6 heteroatoms. The molecule has 366 valence electrons. The third-order valence-corrected chi connectivity index (χ3v) is 16.5. The number of halogens is 4. The monoisotopic (exact) mass is 992 g/mol. The molecule has 0 N–H and O–H groups in total. The fourth-order valence-electron chi connectivity index (χ4n) is 12.9. The van der Waals surface area contributed by atoms with Crippen LogP contribution in [0.1, 0.15) is 49.9 Å². The second-order valence-electron chi connectivity index (χ2n) is 21.3. The summed E-state index contributed by atoms with van der Waals surface area (Å²) >= 11 is 0. The summed E-state index contributed by atoms with van der Waals surface area (Å²) in [7, 11) is 0. The average molecular weight is 993 g/mol. The molecule has 12 aromatic carbocycles. The maximum atomic E-state index is 17.3. The molecule has 0 aliphatic heterocycles. The Morgan fingerprint density at radius 1 is 0.289 bits per heavy atom. The average Bonchev–Trinajstić information content (AvgIpc) is 4.00. The first-order chi connectivity index (χ1) is 36.9. The lowest BCUT2D eigenvalue weighted by Crippen LogP contribution is -2.17. The maximum Gasteiger partial charge on any atom is 0.147 e. The van der Waals surface area contributed by atoms with Gasteiger partial charge in [-0.1, -0.05) is 185 Å². The standard InChI is InChI=1S/C70H48F4N2/c1-69(2)51-19-9-5-17-47(51)67-53(69)21-13-25-61(67)75(63-39-43(29-35-57(63)73)45-15-7-11-23-55(45)71)59-37-31-41-28-34-50-60(38-32-42-27-33-49(59)65(41)66(42)50)76(64-40-44(30-36-58(64)74)46-16-8-12-24-56(46)72)62-26-14-22-54-68(62)48-18-6-10-20-52(48)70(54,3)4/h5-40H,1-4H3. The van der Waals surface area contributed by atoms with Crippen molar-refractivity contribution in [2.45, 2.75) is 38.5 Å². The summed E-state index contributed by atoms with van der Waals surface area (Å²) in [6, 6.07) is 69.0. The number of anilines is 6. The number of fused-ring (bicyclic) bond motifs is 6. The van der Waals surface area contributed by atoms with Crippen LogP contribution >= 0.6 is 0 Å². The van der Waals surface area contributed by atoms with Crippen LogP contribution in [0.2, 0.25) is 0 Å². The highest BCUT2D eigenvalue weighted by Gasteiger charge is 2.40. The van der Waals surface area contributed by atoms with Crippen LogP contribution in [0.3, 0.4) is 0 Å². The second-order valence-corrected chi connectivity index (χ2v) is 21.3. The number of nitrogens with zero attached hydrogens (tertiary/aromatic N) is 2. The van der Waals surface area contributed by atoms with E-state index in [1.165, 1.54) is 35.4 Å². The van der Waals surface area contributed by atoms with Gasteiger partial charge in [0.15, 0.2) is 0 Å². The quantitative estimate of drug-likeness (QED) is 0.111. The SMILES string of the molecule is CC1(C)c2ccccc2-c2c(N(c3cc(-c4ccccc4F)ccc3F)c3ccc4ccc5c(N(c6cc(-c7ccccc7F)ccc6F)c6cccc7c6-c6ccccc6C7(C)C)ccc6ccc3c4c65)cccc21. The van der Waals surface area contributed by atoms with E-state index in [-0.39, 0.29) is 22.2 Å².